The third kappa shape index (κ3) is 5.58. The van der Waals surface area contributed by atoms with Gasteiger partial charge in [-0.1, -0.05) is 41.9 Å². The molecule has 0 aliphatic heterocycles. The maximum atomic E-state index is 14.0. The monoisotopic (exact) mass is 514 g/mol. The molecular weight excluding hydrogens is 491 g/mol. The highest BCUT2D eigenvalue weighted by molar-refractivity contribution is 7.71. The van der Waals surface area contributed by atoms with Crippen molar-refractivity contribution < 1.29 is 18.6 Å². The number of nitrogens with zero attached hydrogens (tertiary/aromatic N) is 2. The van der Waals surface area contributed by atoms with E-state index in [1.54, 1.807) is 42.1 Å². The molecule has 0 aliphatic carbocycles. The van der Waals surface area contributed by atoms with Gasteiger partial charge in [0.1, 0.15) is 18.2 Å². The summed E-state index contributed by atoms with van der Waals surface area (Å²) in [4.78, 5) is 0. The van der Waals surface area contributed by atoms with Crippen LogP contribution in [0, 0.1) is 10.6 Å². The van der Waals surface area contributed by atoms with Gasteiger partial charge in [-0.15, -0.1) is 0 Å². The number of methoxy groups -OCH3 is 1. The number of benzene rings is 3. The van der Waals surface area contributed by atoms with Crippen molar-refractivity contribution in [2.24, 2.45) is 0 Å². The van der Waals surface area contributed by atoms with Gasteiger partial charge in [0.25, 0.3) is 0 Å². The largest absolute Gasteiger partial charge is 0.496 e. The van der Waals surface area contributed by atoms with E-state index in [1.165, 1.54) is 6.07 Å². The lowest BCUT2D eigenvalue weighted by atomic mass is 10.2. The Hall–Kier alpha value is -3.56. The minimum atomic E-state index is -0.333. The molecule has 4 aromatic rings. The van der Waals surface area contributed by atoms with Gasteiger partial charge in [0, 0.05) is 16.7 Å². The number of H-pyrrole nitrogens is 1. The number of aromatic amines is 1. The molecule has 0 aliphatic rings. The number of aromatic nitrogens is 3. The van der Waals surface area contributed by atoms with Gasteiger partial charge >= 0.3 is 0 Å². The lowest BCUT2D eigenvalue weighted by molar-refractivity contribution is 0.265. The van der Waals surface area contributed by atoms with Gasteiger partial charge < -0.3 is 19.6 Å². The molecule has 0 fully saturated rings. The van der Waals surface area contributed by atoms with Crippen molar-refractivity contribution >= 4 is 23.8 Å². The van der Waals surface area contributed by atoms with Crippen LogP contribution in [-0.2, 0) is 13.2 Å². The van der Waals surface area contributed by atoms with E-state index >= 15 is 0 Å². The Kier molecular flexibility index (Phi) is 7.89. The number of para-hydroxylation sites is 1. The summed E-state index contributed by atoms with van der Waals surface area (Å²) in [5.41, 5.74) is 5.22. The van der Waals surface area contributed by atoms with Crippen LogP contribution in [0.15, 0.2) is 60.7 Å². The minimum absolute atomic E-state index is 0.0487. The molecular formula is C25H24ClFN4O3S. The van der Waals surface area contributed by atoms with Crippen LogP contribution < -0.4 is 19.6 Å². The molecule has 0 radical (unpaired) electrons. The minimum Gasteiger partial charge on any atom is -0.496 e. The fourth-order valence-corrected chi connectivity index (χ4v) is 3.90. The van der Waals surface area contributed by atoms with E-state index in [9.17, 15) is 4.39 Å². The molecule has 2 N–H and O–H groups in total. The summed E-state index contributed by atoms with van der Waals surface area (Å²) in [6.07, 6.45) is 0. The Morgan fingerprint density at radius 2 is 1.77 bits per heavy atom. The molecule has 1 heterocycles. The second-order valence-corrected chi connectivity index (χ2v) is 8.22. The molecule has 1 aromatic heterocycles. The Balaban J connectivity index is 1.57. The lowest BCUT2D eigenvalue weighted by Gasteiger charge is -2.17. The topological polar surface area (TPSA) is 73.3 Å². The quantitative estimate of drug-likeness (QED) is 0.248. The van der Waals surface area contributed by atoms with Gasteiger partial charge in [-0.2, -0.15) is 5.10 Å². The van der Waals surface area contributed by atoms with Crippen LogP contribution >= 0.6 is 23.8 Å². The van der Waals surface area contributed by atoms with Crippen LogP contribution in [0.5, 0.6) is 17.2 Å². The average molecular weight is 515 g/mol. The molecule has 0 saturated carbocycles. The predicted molar refractivity (Wildman–Crippen MR) is 136 cm³/mol. The van der Waals surface area contributed by atoms with Gasteiger partial charge in [0.05, 0.1) is 25.8 Å². The highest BCUT2D eigenvalue weighted by Crippen LogP contribution is 2.35. The maximum Gasteiger partial charge on any atom is 0.214 e. The molecule has 182 valence electrons. The first kappa shape index (κ1) is 24.6. The van der Waals surface area contributed by atoms with E-state index in [4.69, 9.17) is 38.0 Å². The molecule has 0 amide bonds. The third-order valence-electron chi connectivity index (χ3n) is 5.20. The smallest absolute Gasteiger partial charge is 0.214 e. The fraction of sp³-hybridized carbons (Fsp3) is 0.200. The van der Waals surface area contributed by atoms with E-state index in [0.29, 0.717) is 51.6 Å². The summed E-state index contributed by atoms with van der Waals surface area (Å²) >= 11 is 12.0. The van der Waals surface area contributed by atoms with Gasteiger partial charge in [0.15, 0.2) is 17.3 Å². The van der Waals surface area contributed by atoms with Crippen LogP contribution in [0.2, 0.25) is 5.02 Å². The van der Waals surface area contributed by atoms with E-state index in [-0.39, 0.29) is 12.4 Å². The number of hydrogen-bond acceptors (Lipinski definition) is 6. The lowest BCUT2D eigenvalue weighted by Crippen LogP contribution is -2.16. The molecule has 0 unspecified atom stereocenters. The standard InChI is InChI=1S/C25H24ClFN4O3S/c1-3-33-22-12-17(19(26)13-23(22)34-15-16-8-4-6-10-20(16)27)14-28-31-24(29-30-25(31)35)18-9-5-7-11-21(18)32-2/h4-13,28H,3,14-15H2,1-2H3,(H,30,35). The van der Waals surface area contributed by atoms with Crippen LogP contribution in [0.4, 0.5) is 4.39 Å². The van der Waals surface area contributed by atoms with Crippen molar-refractivity contribution in [3.8, 4) is 28.6 Å². The second kappa shape index (κ2) is 11.2. The zero-order valence-corrected chi connectivity index (χ0v) is 20.8. The van der Waals surface area contributed by atoms with Crippen LogP contribution in [0.3, 0.4) is 0 Å². The average Bonchev–Trinajstić information content (AvgIpc) is 3.24. The Labute approximate surface area is 212 Å². The number of halogens is 2. The molecule has 35 heavy (non-hydrogen) atoms. The summed E-state index contributed by atoms with van der Waals surface area (Å²) < 4.78 is 33.1. The van der Waals surface area contributed by atoms with Crippen molar-refractivity contribution in [1.29, 1.82) is 0 Å². The highest BCUT2D eigenvalue weighted by Gasteiger charge is 2.16. The summed E-state index contributed by atoms with van der Waals surface area (Å²) in [5.74, 6) is 1.83. The summed E-state index contributed by atoms with van der Waals surface area (Å²) in [6, 6.07) is 17.4. The zero-order chi connectivity index (χ0) is 24.8. The summed E-state index contributed by atoms with van der Waals surface area (Å²) in [5, 5.41) is 7.61. The second-order valence-electron chi connectivity index (χ2n) is 7.43. The number of rotatable bonds is 10. The highest BCUT2D eigenvalue weighted by atomic mass is 35.5. The molecule has 0 spiro atoms. The number of nitrogens with one attached hydrogen (secondary N) is 2. The Morgan fingerprint density at radius 1 is 1.03 bits per heavy atom. The number of ether oxygens (including phenoxy) is 3. The Morgan fingerprint density at radius 3 is 2.54 bits per heavy atom. The van der Waals surface area contributed by atoms with Crippen molar-refractivity contribution in [2.45, 2.75) is 20.1 Å². The molecule has 0 atom stereocenters. The molecule has 0 saturated heterocycles. The molecule has 7 nitrogen and oxygen atoms in total. The first-order chi connectivity index (χ1) is 17.0. The molecule has 0 bridgehead atoms. The van der Waals surface area contributed by atoms with Crippen molar-refractivity contribution in [2.75, 3.05) is 19.1 Å². The fourth-order valence-electron chi connectivity index (χ4n) is 3.48. The van der Waals surface area contributed by atoms with Gasteiger partial charge in [-0.3, -0.25) is 0 Å². The van der Waals surface area contributed by atoms with Crippen molar-refractivity contribution in [3.05, 3.63) is 87.4 Å². The zero-order valence-electron chi connectivity index (χ0n) is 19.2. The van der Waals surface area contributed by atoms with Gasteiger partial charge in [-0.25, -0.2) is 14.2 Å². The van der Waals surface area contributed by atoms with Crippen LogP contribution in [0.1, 0.15) is 18.1 Å². The number of hydrogen-bond donors (Lipinski definition) is 2. The van der Waals surface area contributed by atoms with E-state index in [0.717, 1.165) is 11.1 Å². The predicted octanol–water partition coefficient (Wildman–Crippen LogP) is 6.13. The van der Waals surface area contributed by atoms with Crippen molar-refractivity contribution in [1.82, 2.24) is 14.9 Å². The van der Waals surface area contributed by atoms with Crippen molar-refractivity contribution in [3.63, 3.8) is 0 Å². The molecule has 3 aromatic carbocycles. The molecule has 4 rings (SSSR count). The normalized spacial score (nSPS) is 10.7. The van der Waals surface area contributed by atoms with E-state index in [2.05, 4.69) is 15.6 Å². The van der Waals surface area contributed by atoms with E-state index in [1.807, 2.05) is 31.2 Å². The summed E-state index contributed by atoms with van der Waals surface area (Å²) in [6.45, 7) is 2.67. The van der Waals surface area contributed by atoms with Gasteiger partial charge in [0.2, 0.25) is 4.77 Å². The third-order valence-corrected chi connectivity index (χ3v) is 5.83. The Bertz CT molecular complexity index is 1380. The van der Waals surface area contributed by atoms with Crippen LogP contribution in [0.25, 0.3) is 11.4 Å². The first-order valence-corrected chi connectivity index (χ1v) is 11.7. The van der Waals surface area contributed by atoms with E-state index < -0.39 is 0 Å². The van der Waals surface area contributed by atoms with Gasteiger partial charge in [-0.05, 0) is 49.0 Å². The first-order valence-electron chi connectivity index (χ1n) is 10.9. The SMILES string of the molecule is CCOc1cc(CNn2c(-c3ccccc3OC)n[nH]c2=S)c(Cl)cc1OCc1ccccc1F. The van der Waals surface area contributed by atoms with Crippen LogP contribution in [-0.4, -0.2) is 28.6 Å². The maximum absolute atomic E-state index is 14.0. The summed E-state index contributed by atoms with van der Waals surface area (Å²) in [7, 11) is 1.60. The molecule has 10 heteroatoms.